The zero-order valence-corrected chi connectivity index (χ0v) is 13.7. The zero-order valence-electron chi connectivity index (χ0n) is 13.7. The summed E-state index contributed by atoms with van der Waals surface area (Å²) in [6.45, 7) is 1.62. The first-order chi connectivity index (χ1) is 12.0. The Hall–Kier alpha value is -3.00. The highest BCUT2D eigenvalue weighted by molar-refractivity contribution is 5.76. The van der Waals surface area contributed by atoms with E-state index in [1.165, 1.54) is 6.26 Å². The molecule has 8 heteroatoms. The molecule has 3 rings (SSSR count). The second-order valence-corrected chi connectivity index (χ2v) is 5.78. The van der Waals surface area contributed by atoms with Crippen LogP contribution in [0, 0.1) is 0 Å². The third-order valence-electron chi connectivity index (χ3n) is 3.64. The van der Waals surface area contributed by atoms with Gasteiger partial charge in [-0.3, -0.25) is 9.78 Å². The van der Waals surface area contributed by atoms with Crippen LogP contribution in [0.5, 0.6) is 0 Å². The molecule has 0 aromatic carbocycles. The SMILES string of the molecule is CC(O)(CNC(=O)CCc1nc(-c2cccnc2)no1)c1ccco1. The maximum absolute atomic E-state index is 12.0. The van der Waals surface area contributed by atoms with Crippen molar-refractivity contribution in [2.75, 3.05) is 6.54 Å². The Labute approximate surface area is 143 Å². The Balaban J connectivity index is 1.49. The fourth-order valence-electron chi connectivity index (χ4n) is 2.22. The van der Waals surface area contributed by atoms with Gasteiger partial charge in [0, 0.05) is 30.8 Å². The Kier molecular flexibility index (Phi) is 4.90. The van der Waals surface area contributed by atoms with E-state index in [1.54, 1.807) is 37.5 Å². The summed E-state index contributed by atoms with van der Waals surface area (Å²) in [5.41, 5.74) is -0.520. The molecule has 0 saturated carbocycles. The van der Waals surface area contributed by atoms with Crippen LogP contribution in [-0.2, 0) is 16.8 Å². The van der Waals surface area contributed by atoms with Gasteiger partial charge in [-0.2, -0.15) is 4.98 Å². The molecular formula is C17H18N4O4. The van der Waals surface area contributed by atoms with Crippen molar-refractivity contribution < 1.29 is 18.8 Å². The highest BCUT2D eigenvalue weighted by Gasteiger charge is 2.26. The number of nitrogens with zero attached hydrogens (tertiary/aromatic N) is 3. The Bertz CT molecular complexity index is 812. The maximum atomic E-state index is 12.0. The van der Waals surface area contributed by atoms with Crippen molar-refractivity contribution in [3.63, 3.8) is 0 Å². The number of nitrogens with one attached hydrogen (secondary N) is 1. The molecule has 0 aliphatic heterocycles. The summed E-state index contributed by atoms with van der Waals surface area (Å²) in [5.74, 6) is 0.967. The minimum Gasteiger partial charge on any atom is -0.466 e. The van der Waals surface area contributed by atoms with Crippen LogP contribution < -0.4 is 5.32 Å². The molecule has 0 radical (unpaired) electrons. The predicted molar refractivity (Wildman–Crippen MR) is 87.1 cm³/mol. The lowest BCUT2D eigenvalue weighted by molar-refractivity contribution is -0.122. The van der Waals surface area contributed by atoms with Crippen molar-refractivity contribution in [1.82, 2.24) is 20.4 Å². The largest absolute Gasteiger partial charge is 0.466 e. The monoisotopic (exact) mass is 342 g/mol. The number of hydrogen-bond donors (Lipinski definition) is 2. The number of hydrogen-bond acceptors (Lipinski definition) is 7. The highest BCUT2D eigenvalue weighted by atomic mass is 16.5. The average molecular weight is 342 g/mol. The summed E-state index contributed by atoms with van der Waals surface area (Å²) < 4.78 is 10.3. The van der Waals surface area contributed by atoms with Gasteiger partial charge in [0.05, 0.1) is 12.8 Å². The van der Waals surface area contributed by atoms with Gasteiger partial charge in [0.2, 0.25) is 17.6 Å². The van der Waals surface area contributed by atoms with Gasteiger partial charge in [-0.05, 0) is 31.2 Å². The van der Waals surface area contributed by atoms with E-state index in [4.69, 9.17) is 8.94 Å². The van der Waals surface area contributed by atoms with E-state index in [1.807, 2.05) is 6.07 Å². The Morgan fingerprint density at radius 2 is 2.24 bits per heavy atom. The maximum Gasteiger partial charge on any atom is 0.227 e. The number of amides is 1. The van der Waals surface area contributed by atoms with Gasteiger partial charge in [-0.15, -0.1) is 0 Å². The molecule has 3 aromatic rings. The first-order valence-corrected chi connectivity index (χ1v) is 7.81. The van der Waals surface area contributed by atoms with Gasteiger partial charge in [0.25, 0.3) is 0 Å². The molecule has 0 fully saturated rings. The second kappa shape index (κ2) is 7.27. The topological polar surface area (TPSA) is 114 Å². The van der Waals surface area contributed by atoms with E-state index in [9.17, 15) is 9.90 Å². The van der Waals surface area contributed by atoms with E-state index >= 15 is 0 Å². The van der Waals surface area contributed by atoms with Gasteiger partial charge in [0.1, 0.15) is 11.4 Å². The number of furan rings is 1. The van der Waals surface area contributed by atoms with Crippen LogP contribution in [0.2, 0.25) is 0 Å². The number of aromatic nitrogens is 3. The van der Waals surface area contributed by atoms with E-state index in [0.717, 1.165) is 5.56 Å². The Morgan fingerprint density at radius 1 is 1.36 bits per heavy atom. The third kappa shape index (κ3) is 4.30. The fraction of sp³-hybridized carbons (Fsp3) is 0.294. The molecule has 2 N–H and O–H groups in total. The lowest BCUT2D eigenvalue weighted by atomic mass is 10.0. The third-order valence-corrected chi connectivity index (χ3v) is 3.64. The molecular weight excluding hydrogens is 324 g/mol. The molecule has 1 unspecified atom stereocenters. The van der Waals surface area contributed by atoms with E-state index in [-0.39, 0.29) is 18.9 Å². The van der Waals surface area contributed by atoms with Crippen molar-refractivity contribution in [3.05, 3.63) is 54.6 Å². The molecule has 1 atom stereocenters. The van der Waals surface area contributed by atoms with Crippen LogP contribution in [0.4, 0.5) is 0 Å². The molecule has 0 saturated heterocycles. The average Bonchev–Trinajstić information content (AvgIpc) is 3.31. The minimum atomic E-state index is -1.27. The highest BCUT2D eigenvalue weighted by Crippen LogP contribution is 2.20. The van der Waals surface area contributed by atoms with Crippen molar-refractivity contribution in [3.8, 4) is 11.4 Å². The lowest BCUT2D eigenvalue weighted by Crippen LogP contribution is -2.38. The molecule has 3 aromatic heterocycles. The molecule has 130 valence electrons. The van der Waals surface area contributed by atoms with Crippen molar-refractivity contribution in [2.24, 2.45) is 0 Å². The van der Waals surface area contributed by atoms with Gasteiger partial charge < -0.3 is 19.4 Å². The summed E-state index contributed by atoms with van der Waals surface area (Å²) in [6, 6.07) is 6.94. The summed E-state index contributed by atoms with van der Waals surface area (Å²) in [4.78, 5) is 20.2. The standard InChI is InChI=1S/C17H18N4O4/c1-17(23,13-5-3-9-24-13)11-19-14(22)6-7-15-20-16(21-25-15)12-4-2-8-18-10-12/h2-5,8-10,23H,6-7,11H2,1H3,(H,19,22). The number of aryl methyl sites for hydroxylation is 1. The second-order valence-electron chi connectivity index (χ2n) is 5.78. The first-order valence-electron chi connectivity index (χ1n) is 7.81. The number of pyridine rings is 1. The van der Waals surface area contributed by atoms with Crippen LogP contribution in [0.1, 0.15) is 25.0 Å². The van der Waals surface area contributed by atoms with Crippen molar-refractivity contribution in [2.45, 2.75) is 25.4 Å². The number of carbonyl (C=O) groups is 1. The fourth-order valence-corrected chi connectivity index (χ4v) is 2.22. The van der Waals surface area contributed by atoms with Crippen LogP contribution >= 0.6 is 0 Å². The van der Waals surface area contributed by atoms with E-state index < -0.39 is 5.60 Å². The summed E-state index contributed by atoms with van der Waals surface area (Å²) in [6.07, 6.45) is 5.25. The summed E-state index contributed by atoms with van der Waals surface area (Å²) in [5, 5.41) is 16.8. The number of carbonyl (C=O) groups excluding carboxylic acids is 1. The van der Waals surface area contributed by atoms with Gasteiger partial charge >= 0.3 is 0 Å². The zero-order chi connectivity index (χ0) is 17.7. The molecule has 8 nitrogen and oxygen atoms in total. The van der Waals surface area contributed by atoms with Crippen LogP contribution in [0.3, 0.4) is 0 Å². The normalized spacial score (nSPS) is 13.4. The molecule has 25 heavy (non-hydrogen) atoms. The quantitative estimate of drug-likeness (QED) is 0.671. The van der Waals surface area contributed by atoms with Crippen LogP contribution in [-0.4, -0.2) is 32.7 Å². The smallest absolute Gasteiger partial charge is 0.227 e. The molecule has 0 aliphatic carbocycles. The number of aliphatic hydroxyl groups is 1. The first kappa shape index (κ1) is 16.8. The van der Waals surface area contributed by atoms with Crippen LogP contribution in [0.25, 0.3) is 11.4 Å². The van der Waals surface area contributed by atoms with E-state index in [0.29, 0.717) is 23.9 Å². The minimum absolute atomic E-state index is 0.0457. The molecule has 0 spiro atoms. The lowest BCUT2D eigenvalue weighted by Gasteiger charge is -2.21. The number of rotatable bonds is 7. The van der Waals surface area contributed by atoms with Gasteiger partial charge in [-0.1, -0.05) is 5.16 Å². The Morgan fingerprint density at radius 3 is 2.96 bits per heavy atom. The van der Waals surface area contributed by atoms with Gasteiger partial charge in [0.15, 0.2) is 0 Å². The van der Waals surface area contributed by atoms with Gasteiger partial charge in [-0.25, -0.2) is 0 Å². The van der Waals surface area contributed by atoms with E-state index in [2.05, 4.69) is 20.4 Å². The summed E-state index contributed by atoms with van der Waals surface area (Å²) >= 11 is 0. The predicted octanol–water partition coefficient (Wildman–Crippen LogP) is 1.68. The van der Waals surface area contributed by atoms with Crippen molar-refractivity contribution in [1.29, 1.82) is 0 Å². The summed E-state index contributed by atoms with van der Waals surface area (Å²) in [7, 11) is 0. The van der Waals surface area contributed by atoms with Crippen LogP contribution in [0.15, 0.2) is 51.9 Å². The molecule has 3 heterocycles. The molecule has 0 bridgehead atoms. The van der Waals surface area contributed by atoms with Crippen molar-refractivity contribution >= 4 is 5.91 Å². The molecule has 1 amide bonds. The molecule has 0 aliphatic rings.